The molecule has 2 aliphatic heterocycles. The lowest BCUT2D eigenvalue weighted by molar-refractivity contribution is -0.121. The van der Waals surface area contributed by atoms with E-state index in [0.29, 0.717) is 35.7 Å². The molecule has 0 saturated heterocycles. The number of amidine groups is 1. The van der Waals surface area contributed by atoms with Gasteiger partial charge in [0.2, 0.25) is 11.8 Å². The van der Waals surface area contributed by atoms with Crippen molar-refractivity contribution >= 4 is 23.5 Å². The number of rotatable bonds is 4. The third kappa shape index (κ3) is 3.42. The highest BCUT2D eigenvalue weighted by molar-refractivity contribution is 6.09. The van der Waals surface area contributed by atoms with Gasteiger partial charge < -0.3 is 25.3 Å². The lowest BCUT2D eigenvalue weighted by Crippen LogP contribution is -2.34. The predicted octanol–water partition coefficient (Wildman–Crippen LogP) is 3.19. The van der Waals surface area contributed by atoms with Crippen LogP contribution in [0.25, 0.3) is 0 Å². The molecule has 1 fully saturated rings. The predicted molar refractivity (Wildman–Crippen MR) is 121 cm³/mol. The van der Waals surface area contributed by atoms with E-state index in [2.05, 4.69) is 20.8 Å². The lowest BCUT2D eigenvalue weighted by atomic mass is 10.1. The van der Waals surface area contributed by atoms with E-state index in [1.54, 1.807) is 36.5 Å². The van der Waals surface area contributed by atoms with Gasteiger partial charge >= 0.3 is 0 Å². The number of nitrogens with zero attached hydrogens (tertiary/aromatic N) is 2. The van der Waals surface area contributed by atoms with Gasteiger partial charge in [-0.2, -0.15) is 0 Å². The van der Waals surface area contributed by atoms with Crippen molar-refractivity contribution in [3.63, 3.8) is 0 Å². The molecule has 34 heavy (non-hydrogen) atoms. The first kappa shape index (κ1) is 20.2. The van der Waals surface area contributed by atoms with Crippen LogP contribution in [0.5, 0.6) is 17.2 Å². The summed E-state index contributed by atoms with van der Waals surface area (Å²) in [7, 11) is 0. The summed E-state index contributed by atoms with van der Waals surface area (Å²) in [5, 5.41) is 18.1. The number of nitrogens with one attached hydrogen (secondary N) is 2. The quantitative estimate of drug-likeness (QED) is 0.240. The van der Waals surface area contributed by atoms with Crippen LogP contribution in [0, 0.1) is 5.92 Å². The van der Waals surface area contributed by atoms with Crippen LogP contribution >= 0.6 is 0 Å². The number of ether oxygens (including phenoxy) is 2. The summed E-state index contributed by atoms with van der Waals surface area (Å²) in [5.41, 5.74) is 2.37. The fourth-order valence-corrected chi connectivity index (χ4v) is 4.65. The molecule has 1 aliphatic carbocycles. The second-order valence-electron chi connectivity index (χ2n) is 8.42. The van der Waals surface area contributed by atoms with E-state index in [0.717, 1.165) is 16.9 Å². The minimum absolute atomic E-state index is 0.0578. The standard InChI is InChI=1S/C25H20N4O5/c30-19-9-7-15-18(10-11-26-24(15)27-19)33-14-6-8-17-16(12-14)20-21(22(20)34-17)25(31)28-23(29-32)13-4-2-1-3-5-13/h1-6,8,10-12,20-22,32H,7,9H2,(H,26,27,30)(H,28,29,31). The summed E-state index contributed by atoms with van der Waals surface area (Å²) in [6, 6.07) is 16.3. The molecule has 9 heteroatoms. The van der Waals surface area contributed by atoms with E-state index in [1.165, 1.54) is 0 Å². The Labute approximate surface area is 194 Å². The SMILES string of the molecule is O=C1CCc2c(Oc3ccc4c(c3)C3C(O4)C3C(=O)N/C(=N/O)c3ccccc3)ccnc2N1. The van der Waals surface area contributed by atoms with Crippen molar-refractivity contribution in [3.8, 4) is 17.2 Å². The first-order valence-corrected chi connectivity index (χ1v) is 11.0. The molecule has 9 nitrogen and oxygen atoms in total. The summed E-state index contributed by atoms with van der Waals surface area (Å²) in [4.78, 5) is 28.8. The molecule has 3 atom stereocenters. The van der Waals surface area contributed by atoms with Gasteiger partial charge in [-0.05, 0) is 30.7 Å². The number of hydrogen-bond donors (Lipinski definition) is 3. The van der Waals surface area contributed by atoms with Crippen LogP contribution in [0.1, 0.15) is 29.0 Å². The van der Waals surface area contributed by atoms with Crippen LogP contribution in [0.2, 0.25) is 0 Å². The number of pyridine rings is 1. The Morgan fingerprint density at radius 3 is 2.85 bits per heavy atom. The second-order valence-corrected chi connectivity index (χ2v) is 8.42. The van der Waals surface area contributed by atoms with Crippen LogP contribution < -0.4 is 20.1 Å². The number of oxime groups is 1. The third-order valence-electron chi connectivity index (χ3n) is 6.35. The zero-order valence-corrected chi connectivity index (χ0v) is 17.9. The number of fused-ring (bicyclic) bond motifs is 4. The number of anilines is 1. The number of amides is 2. The Balaban J connectivity index is 1.19. The zero-order chi connectivity index (χ0) is 23.2. The van der Waals surface area contributed by atoms with Crippen molar-refractivity contribution in [3.05, 3.63) is 77.5 Å². The minimum atomic E-state index is -0.382. The smallest absolute Gasteiger partial charge is 0.233 e. The molecule has 1 saturated carbocycles. The van der Waals surface area contributed by atoms with E-state index in [1.807, 2.05) is 24.3 Å². The highest BCUT2D eigenvalue weighted by Gasteiger charge is 2.62. The molecule has 0 radical (unpaired) electrons. The fourth-order valence-electron chi connectivity index (χ4n) is 4.65. The normalized spacial score (nSPS) is 21.9. The summed E-state index contributed by atoms with van der Waals surface area (Å²) < 4.78 is 12.1. The molecule has 1 aromatic heterocycles. The highest BCUT2D eigenvalue weighted by Crippen LogP contribution is 2.59. The Hall–Kier alpha value is -4.40. The molecule has 2 aromatic carbocycles. The molecule has 3 N–H and O–H groups in total. The van der Waals surface area contributed by atoms with Gasteiger partial charge in [0.15, 0.2) is 5.84 Å². The Morgan fingerprint density at radius 2 is 2.03 bits per heavy atom. The van der Waals surface area contributed by atoms with Gasteiger partial charge in [0.1, 0.15) is 29.2 Å². The van der Waals surface area contributed by atoms with Crippen molar-refractivity contribution < 1.29 is 24.3 Å². The van der Waals surface area contributed by atoms with Crippen LogP contribution in [0.15, 0.2) is 65.9 Å². The molecule has 2 amide bonds. The molecule has 170 valence electrons. The van der Waals surface area contributed by atoms with E-state index < -0.39 is 0 Å². The zero-order valence-electron chi connectivity index (χ0n) is 17.9. The topological polar surface area (TPSA) is 122 Å². The molecule has 3 unspecified atom stereocenters. The molecule has 6 rings (SSSR count). The van der Waals surface area contributed by atoms with Crippen molar-refractivity contribution in [1.29, 1.82) is 0 Å². The third-order valence-corrected chi connectivity index (χ3v) is 6.35. The van der Waals surface area contributed by atoms with Crippen molar-refractivity contribution in [2.24, 2.45) is 11.1 Å². The molecule has 3 heterocycles. The summed E-state index contributed by atoms with van der Waals surface area (Å²) in [5.74, 6) is 1.81. The molecule has 3 aromatic rings. The Kier molecular flexibility index (Phi) is 4.68. The Morgan fingerprint density at radius 1 is 1.18 bits per heavy atom. The van der Waals surface area contributed by atoms with Crippen molar-refractivity contribution in [2.75, 3.05) is 5.32 Å². The van der Waals surface area contributed by atoms with Gasteiger partial charge in [-0.25, -0.2) is 4.98 Å². The average Bonchev–Trinajstić information content (AvgIpc) is 3.45. The highest BCUT2D eigenvalue weighted by atomic mass is 16.5. The Bertz CT molecular complexity index is 1340. The maximum atomic E-state index is 12.9. The van der Waals surface area contributed by atoms with Crippen LogP contribution in [0.3, 0.4) is 0 Å². The number of hydrogen-bond acceptors (Lipinski definition) is 7. The van der Waals surface area contributed by atoms with E-state index in [9.17, 15) is 14.8 Å². The van der Waals surface area contributed by atoms with E-state index >= 15 is 0 Å². The van der Waals surface area contributed by atoms with Crippen LogP contribution in [-0.2, 0) is 16.0 Å². The van der Waals surface area contributed by atoms with E-state index in [-0.39, 0.29) is 35.6 Å². The second kappa shape index (κ2) is 7.87. The summed E-state index contributed by atoms with van der Waals surface area (Å²) in [6.45, 7) is 0. The monoisotopic (exact) mass is 456 g/mol. The fraction of sp³-hybridized carbons (Fsp3) is 0.200. The van der Waals surface area contributed by atoms with Gasteiger partial charge in [0, 0.05) is 35.2 Å². The molecule has 0 spiro atoms. The van der Waals surface area contributed by atoms with Gasteiger partial charge in [-0.1, -0.05) is 35.5 Å². The summed E-state index contributed by atoms with van der Waals surface area (Å²) >= 11 is 0. The van der Waals surface area contributed by atoms with Gasteiger partial charge in [0.25, 0.3) is 0 Å². The van der Waals surface area contributed by atoms with E-state index in [4.69, 9.17) is 9.47 Å². The number of carbonyl (C=O) groups is 2. The maximum absolute atomic E-state index is 12.9. The first-order chi connectivity index (χ1) is 16.6. The van der Waals surface area contributed by atoms with Gasteiger partial charge in [-0.15, -0.1) is 0 Å². The average molecular weight is 456 g/mol. The van der Waals surface area contributed by atoms with Gasteiger partial charge in [-0.3, -0.25) is 9.59 Å². The molecule has 0 bridgehead atoms. The molecular weight excluding hydrogens is 436 g/mol. The van der Waals surface area contributed by atoms with Gasteiger partial charge in [0.05, 0.1) is 5.92 Å². The van der Waals surface area contributed by atoms with Crippen molar-refractivity contribution in [2.45, 2.75) is 24.9 Å². The lowest BCUT2D eigenvalue weighted by Gasteiger charge is -2.19. The molecule has 3 aliphatic rings. The number of benzene rings is 2. The first-order valence-electron chi connectivity index (χ1n) is 11.0. The molecular formula is C25H20N4O5. The van der Waals surface area contributed by atoms with Crippen LogP contribution in [-0.4, -0.2) is 33.9 Å². The summed E-state index contributed by atoms with van der Waals surface area (Å²) in [6.07, 6.45) is 2.28. The van der Waals surface area contributed by atoms with Crippen LogP contribution in [0.4, 0.5) is 5.82 Å². The maximum Gasteiger partial charge on any atom is 0.233 e. The number of aromatic nitrogens is 1. The minimum Gasteiger partial charge on any atom is -0.489 e. The largest absolute Gasteiger partial charge is 0.489 e. The van der Waals surface area contributed by atoms with Crippen molar-refractivity contribution in [1.82, 2.24) is 10.3 Å². The number of carbonyl (C=O) groups excluding carboxylic acids is 2.